The first-order valence-electron chi connectivity index (χ1n) is 13.2. The Hall–Kier alpha value is -3.58. The van der Waals surface area contributed by atoms with Crippen molar-refractivity contribution in [3.8, 4) is 11.4 Å². The number of esters is 3. The van der Waals surface area contributed by atoms with E-state index in [0.717, 1.165) is 24.8 Å². The third kappa shape index (κ3) is 7.75. The number of nitrogens with one attached hydrogen (secondary N) is 1. The Kier molecular flexibility index (Phi) is 11.0. The molecule has 12 nitrogen and oxygen atoms in total. The SMILES string of the molecule is CCCCCn1c(-c2ccccc2)nn([C@@H]2O[C@H](COC(C)=O)[C@@H](OC(C)=O)[C@H](OC(C)=O)[C@H]2NC(C)=O)c1=S. The molecular formula is C27H36N4O8S. The minimum Gasteiger partial charge on any atom is -0.463 e. The zero-order valence-electron chi connectivity index (χ0n) is 23.3. The summed E-state index contributed by atoms with van der Waals surface area (Å²) in [6.07, 6.45) is -1.74. The Morgan fingerprint density at radius 1 is 0.975 bits per heavy atom. The van der Waals surface area contributed by atoms with Crippen LogP contribution in [0.25, 0.3) is 11.4 Å². The highest BCUT2D eigenvalue weighted by molar-refractivity contribution is 7.71. The van der Waals surface area contributed by atoms with Crippen LogP contribution >= 0.6 is 12.2 Å². The summed E-state index contributed by atoms with van der Waals surface area (Å²) in [5.41, 5.74) is 0.821. The first-order chi connectivity index (χ1) is 19.0. The van der Waals surface area contributed by atoms with Crippen molar-refractivity contribution in [3.63, 3.8) is 0 Å². The third-order valence-electron chi connectivity index (χ3n) is 6.23. The van der Waals surface area contributed by atoms with Crippen molar-refractivity contribution in [1.29, 1.82) is 0 Å². The van der Waals surface area contributed by atoms with Gasteiger partial charge in [-0.2, -0.15) is 0 Å². The van der Waals surface area contributed by atoms with Crippen molar-refractivity contribution in [3.05, 3.63) is 35.1 Å². The van der Waals surface area contributed by atoms with E-state index >= 15 is 0 Å². The Balaban J connectivity index is 2.18. The smallest absolute Gasteiger partial charge is 0.303 e. The van der Waals surface area contributed by atoms with E-state index in [1.807, 2.05) is 34.9 Å². The molecule has 0 saturated carbocycles. The summed E-state index contributed by atoms with van der Waals surface area (Å²) in [6, 6.07) is 8.43. The lowest BCUT2D eigenvalue weighted by Gasteiger charge is -2.45. The number of ether oxygens (including phenoxy) is 4. The van der Waals surface area contributed by atoms with Crippen molar-refractivity contribution in [2.24, 2.45) is 0 Å². The highest BCUT2D eigenvalue weighted by atomic mass is 32.1. The number of unbranched alkanes of at least 4 members (excludes halogenated alkanes) is 2. The molecular weight excluding hydrogens is 540 g/mol. The van der Waals surface area contributed by atoms with Crippen molar-refractivity contribution >= 4 is 36.0 Å². The number of rotatable bonds is 11. The van der Waals surface area contributed by atoms with Gasteiger partial charge in [-0.15, -0.1) is 5.10 Å². The van der Waals surface area contributed by atoms with Crippen LogP contribution in [0.15, 0.2) is 30.3 Å². The lowest BCUT2D eigenvalue weighted by Crippen LogP contribution is -2.64. The molecule has 0 radical (unpaired) electrons. The number of aromatic nitrogens is 3. The van der Waals surface area contributed by atoms with Gasteiger partial charge in [0.15, 0.2) is 24.3 Å². The van der Waals surface area contributed by atoms with Crippen LogP contribution in [-0.2, 0) is 44.7 Å². The second kappa shape index (κ2) is 14.2. The maximum absolute atomic E-state index is 12.4. The molecule has 1 aromatic heterocycles. The summed E-state index contributed by atoms with van der Waals surface area (Å²) < 4.78 is 26.3. The lowest BCUT2D eigenvalue weighted by atomic mass is 9.95. The number of benzene rings is 1. The second-order valence-corrected chi connectivity index (χ2v) is 9.88. The van der Waals surface area contributed by atoms with Crippen LogP contribution in [0.1, 0.15) is 60.1 Å². The van der Waals surface area contributed by atoms with Gasteiger partial charge in [-0.25, -0.2) is 4.68 Å². The molecule has 1 aromatic carbocycles. The van der Waals surface area contributed by atoms with Crippen molar-refractivity contribution < 1.29 is 38.1 Å². The highest BCUT2D eigenvalue weighted by Gasteiger charge is 2.52. The molecule has 2 heterocycles. The van der Waals surface area contributed by atoms with Crippen LogP contribution in [0.4, 0.5) is 0 Å². The number of amides is 1. The number of hydrogen-bond donors (Lipinski definition) is 1. The first kappa shape index (κ1) is 31.0. The van der Waals surface area contributed by atoms with Crippen LogP contribution in [-0.4, -0.2) is 69.1 Å². The summed E-state index contributed by atoms with van der Waals surface area (Å²) in [7, 11) is 0. The summed E-state index contributed by atoms with van der Waals surface area (Å²) in [5.74, 6) is -1.80. The standard InChI is InChI=1S/C27H36N4O8S/c1-6-7-11-14-30-25(20-12-9-8-10-13-20)29-31(27(30)40)26-22(28-16(2)32)24(38-19(5)35)23(37-18(4)34)21(39-26)15-36-17(3)33/h8-10,12-13,21-24,26H,6-7,11,14-15H2,1-5H3,(H,28,32)/t21-,22-,23-,24-,26-/m1/s1. The quantitative estimate of drug-likeness (QED) is 0.184. The molecule has 1 aliphatic rings. The Labute approximate surface area is 237 Å². The molecule has 0 spiro atoms. The maximum atomic E-state index is 12.4. The van der Waals surface area contributed by atoms with Gasteiger partial charge in [-0.1, -0.05) is 50.1 Å². The molecule has 1 aliphatic heterocycles. The molecule has 3 rings (SSSR count). The molecule has 1 saturated heterocycles. The van der Waals surface area contributed by atoms with Crippen molar-refractivity contribution in [1.82, 2.24) is 19.7 Å². The molecule has 1 fully saturated rings. The van der Waals surface area contributed by atoms with Crippen LogP contribution in [0.5, 0.6) is 0 Å². The first-order valence-corrected chi connectivity index (χ1v) is 13.6. The normalized spacial score (nSPS) is 22.3. The molecule has 1 amide bonds. The van der Waals surface area contributed by atoms with Crippen LogP contribution in [0.2, 0.25) is 0 Å². The van der Waals surface area contributed by atoms with Gasteiger partial charge in [0.05, 0.1) is 0 Å². The largest absolute Gasteiger partial charge is 0.463 e. The molecule has 2 aromatic rings. The fraction of sp³-hybridized carbons (Fsp3) is 0.556. The molecule has 0 unspecified atom stereocenters. The van der Waals surface area contributed by atoms with E-state index in [2.05, 4.69) is 12.2 Å². The predicted octanol–water partition coefficient (Wildman–Crippen LogP) is 3.10. The van der Waals surface area contributed by atoms with Crippen LogP contribution < -0.4 is 5.32 Å². The molecule has 0 aliphatic carbocycles. The number of hydrogen-bond acceptors (Lipinski definition) is 10. The Morgan fingerprint density at radius 3 is 2.20 bits per heavy atom. The van der Waals surface area contributed by atoms with Crippen molar-refractivity contribution in [2.75, 3.05) is 6.61 Å². The fourth-order valence-electron chi connectivity index (χ4n) is 4.62. The predicted molar refractivity (Wildman–Crippen MR) is 145 cm³/mol. The average Bonchev–Trinajstić information content (AvgIpc) is 3.21. The van der Waals surface area contributed by atoms with Gasteiger partial charge in [-0.05, 0) is 18.6 Å². The van der Waals surface area contributed by atoms with Crippen molar-refractivity contribution in [2.45, 2.75) is 91.0 Å². The summed E-state index contributed by atoms with van der Waals surface area (Å²) >= 11 is 5.87. The molecule has 218 valence electrons. The number of carbonyl (C=O) groups excluding carboxylic acids is 4. The second-order valence-electron chi connectivity index (χ2n) is 9.52. The number of carbonyl (C=O) groups is 4. The van der Waals surface area contributed by atoms with Gasteiger partial charge < -0.3 is 24.3 Å². The van der Waals surface area contributed by atoms with E-state index in [4.69, 9.17) is 36.3 Å². The van der Waals surface area contributed by atoms with E-state index in [9.17, 15) is 19.2 Å². The minimum atomic E-state index is -1.21. The van der Waals surface area contributed by atoms with Gasteiger partial charge in [0, 0.05) is 39.8 Å². The summed E-state index contributed by atoms with van der Waals surface area (Å²) in [5, 5.41) is 7.58. The fourth-order valence-corrected chi connectivity index (χ4v) is 4.94. The summed E-state index contributed by atoms with van der Waals surface area (Å²) in [4.78, 5) is 48.2. The molecule has 0 bridgehead atoms. The zero-order valence-corrected chi connectivity index (χ0v) is 24.1. The van der Waals surface area contributed by atoms with E-state index in [1.54, 1.807) is 0 Å². The molecule has 1 N–H and O–H groups in total. The van der Waals surface area contributed by atoms with Crippen LogP contribution in [0, 0.1) is 4.77 Å². The van der Waals surface area contributed by atoms with Gasteiger partial charge in [-0.3, -0.25) is 23.7 Å². The maximum Gasteiger partial charge on any atom is 0.303 e. The van der Waals surface area contributed by atoms with E-state index in [1.165, 1.54) is 32.4 Å². The van der Waals surface area contributed by atoms with E-state index in [-0.39, 0.29) is 6.61 Å². The topological polar surface area (TPSA) is 140 Å². The monoisotopic (exact) mass is 576 g/mol. The summed E-state index contributed by atoms with van der Waals surface area (Å²) in [6.45, 7) is 7.29. The van der Waals surface area contributed by atoms with E-state index in [0.29, 0.717) is 17.1 Å². The third-order valence-corrected chi connectivity index (χ3v) is 6.64. The molecule has 5 atom stereocenters. The van der Waals surface area contributed by atoms with Gasteiger partial charge in [0.1, 0.15) is 18.8 Å². The molecule has 40 heavy (non-hydrogen) atoms. The van der Waals surface area contributed by atoms with Gasteiger partial charge in [0.25, 0.3) is 0 Å². The number of nitrogens with zero attached hydrogens (tertiary/aromatic N) is 3. The lowest BCUT2D eigenvalue weighted by molar-refractivity contribution is -0.239. The Morgan fingerprint density at radius 2 is 1.62 bits per heavy atom. The zero-order chi connectivity index (χ0) is 29.4. The Bertz CT molecular complexity index is 1260. The van der Waals surface area contributed by atoms with E-state index < -0.39 is 54.4 Å². The van der Waals surface area contributed by atoms with Gasteiger partial charge >= 0.3 is 17.9 Å². The molecule has 13 heteroatoms. The highest BCUT2D eigenvalue weighted by Crippen LogP contribution is 2.34. The van der Waals surface area contributed by atoms with Crippen LogP contribution in [0.3, 0.4) is 0 Å². The van der Waals surface area contributed by atoms with Gasteiger partial charge in [0.2, 0.25) is 10.7 Å². The minimum absolute atomic E-state index is 0.314. The average molecular weight is 577 g/mol.